The lowest BCUT2D eigenvalue weighted by molar-refractivity contribution is -0.136. The number of amides is 3. The van der Waals surface area contributed by atoms with Gasteiger partial charge in [-0.15, -0.1) is 0 Å². The number of urea groups is 1. The number of aromatic nitrogens is 2. The SMILES string of the molecule is CNC(=O)c1ccc(-n2ncc3c(C(F)(F)F)cc(NC(=O)N4CCC(O)(CC(C)C)CC4)cc32)cc1. The smallest absolute Gasteiger partial charge is 0.390 e. The average Bonchev–Trinajstić information content (AvgIpc) is 3.26. The van der Waals surface area contributed by atoms with Crippen molar-refractivity contribution in [3.8, 4) is 5.69 Å². The molecule has 1 aliphatic rings. The van der Waals surface area contributed by atoms with Gasteiger partial charge in [-0.1, -0.05) is 13.8 Å². The molecule has 0 radical (unpaired) electrons. The van der Waals surface area contributed by atoms with E-state index < -0.39 is 23.4 Å². The fraction of sp³-hybridized carbons (Fsp3) is 0.423. The molecule has 37 heavy (non-hydrogen) atoms. The molecule has 1 aromatic heterocycles. The Morgan fingerprint density at radius 3 is 2.35 bits per heavy atom. The van der Waals surface area contributed by atoms with Crippen LogP contribution >= 0.6 is 0 Å². The minimum atomic E-state index is -4.67. The number of carbonyl (C=O) groups is 2. The van der Waals surface area contributed by atoms with E-state index in [1.165, 1.54) is 22.7 Å². The lowest BCUT2D eigenvalue weighted by Crippen LogP contribution is -2.48. The number of alkyl halides is 3. The van der Waals surface area contributed by atoms with Crippen LogP contribution in [0.25, 0.3) is 16.6 Å². The summed E-state index contributed by atoms with van der Waals surface area (Å²) >= 11 is 0. The van der Waals surface area contributed by atoms with Gasteiger partial charge in [0.05, 0.1) is 28.6 Å². The van der Waals surface area contributed by atoms with Gasteiger partial charge in [-0.05, 0) is 61.6 Å². The molecule has 4 rings (SSSR count). The number of rotatable bonds is 5. The first-order chi connectivity index (χ1) is 17.4. The van der Waals surface area contributed by atoms with Crippen molar-refractivity contribution in [2.24, 2.45) is 5.92 Å². The molecule has 0 saturated carbocycles. The van der Waals surface area contributed by atoms with Crippen molar-refractivity contribution in [1.82, 2.24) is 20.0 Å². The van der Waals surface area contributed by atoms with Crippen LogP contribution < -0.4 is 10.6 Å². The lowest BCUT2D eigenvalue weighted by atomic mass is 9.84. The number of aliphatic hydroxyl groups is 1. The fourth-order valence-electron chi connectivity index (χ4n) is 4.83. The molecule has 0 unspecified atom stereocenters. The van der Waals surface area contributed by atoms with Crippen LogP contribution in [-0.4, -0.2) is 57.5 Å². The Labute approximate surface area is 212 Å². The number of benzene rings is 2. The van der Waals surface area contributed by atoms with Gasteiger partial charge >= 0.3 is 12.2 Å². The molecular formula is C26H30F3N5O3. The highest BCUT2D eigenvalue weighted by Gasteiger charge is 2.36. The van der Waals surface area contributed by atoms with E-state index in [9.17, 15) is 27.9 Å². The van der Waals surface area contributed by atoms with Crippen LogP contribution in [0, 0.1) is 5.92 Å². The van der Waals surface area contributed by atoms with E-state index in [2.05, 4.69) is 15.7 Å². The standard InChI is InChI=1S/C26H30F3N5O3/c1-16(2)14-25(37)8-10-33(11-9-25)24(36)32-18-12-21(26(27,28)29)20-15-31-34(22(20)13-18)19-6-4-17(5-7-19)23(35)30-3/h4-7,12-13,15-16,37H,8-11,14H2,1-3H3,(H,30,35)(H,32,36). The van der Waals surface area contributed by atoms with Crippen LogP contribution in [0.4, 0.5) is 23.7 Å². The maximum Gasteiger partial charge on any atom is 0.417 e. The van der Waals surface area contributed by atoms with Gasteiger partial charge in [-0.3, -0.25) is 4.79 Å². The van der Waals surface area contributed by atoms with E-state index >= 15 is 0 Å². The molecule has 198 valence electrons. The summed E-state index contributed by atoms with van der Waals surface area (Å²) in [5.74, 6) is 0.0179. The third-order valence-corrected chi connectivity index (χ3v) is 6.62. The summed E-state index contributed by atoms with van der Waals surface area (Å²) in [4.78, 5) is 26.2. The first-order valence-electron chi connectivity index (χ1n) is 12.1. The molecule has 1 aliphatic heterocycles. The van der Waals surface area contributed by atoms with Crippen LogP contribution in [0.1, 0.15) is 49.0 Å². The minimum Gasteiger partial charge on any atom is -0.390 e. The number of fused-ring (bicyclic) bond motifs is 1. The molecule has 0 spiro atoms. The van der Waals surface area contributed by atoms with Gasteiger partial charge < -0.3 is 20.6 Å². The zero-order valence-corrected chi connectivity index (χ0v) is 20.9. The average molecular weight is 518 g/mol. The molecule has 3 N–H and O–H groups in total. The number of likely N-dealkylation sites (tertiary alicyclic amines) is 1. The lowest BCUT2D eigenvalue weighted by Gasteiger charge is -2.39. The van der Waals surface area contributed by atoms with Gasteiger partial charge in [0, 0.05) is 36.8 Å². The van der Waals surface area contributed by atoms with E-state index in [0.717, 1.165) is 12.3 Å². The highest BCUT2D eigenvalue weighted by Crippen LogP contribution is 2.38. The Morgan fingerprint density at radius 2 is 1.78 bits per heavy atom. The van der Waals surface area contributed by atoms with E-state index in [0.29, 0.717) is 49.5 Å². The second kappa shape index (κ2) is 10.0. The van der Waals surface area contributed by atoms with Crippen molar-refractivity contribution in [1.29, 1.82) is 0 Å². The number of halogens is 3. The summed E-state index contributed by atoms with van der Waals surface area (Å²) in [7, 11) is 1.50. The van der Waals surface area contributed by atoms with Crippen LogP contribution in [-0.2, 0) is 6.18 Å². The predicted molar refractivity (Wildman–Crippen MR) is 134 cm³/mol. The third kappa shape index (κ3) is 5.71. The first-order valence-corrected chi connectivity index (χ1v) is 12.1. The third-order valence-electron chi connectivity index (χ3n) is 6.62. The van der Waals surface area contributed by atoms with Crippen LogP contribution in [0.15, 0.2) is 42.6 Å². The maximum atomic E-state index is 13.9. The van der Waals surface area contributed by atoms with E-state index in [1.54, 1.807) is 24.3 Å². The molecule has 3 aromatic rings. The summed E-state index contributed by atoms with van der Waals surface area (Å²) in [6.07, 6.45) is -2.10. The molecule has 0 bridgehead atoms. The maximum absolute atomic E-state index is 13.9. The summed E-state index contributed by atoms with van der Waals surface area (Å²) in [6, 6.07) is 8.09. The molecule has 0 atom stereocenters. The van der Waals surface area contributed by atoms with Gasteiger partial charge in [-0.25, -0.2) is 9.48 Å². The molecule has 8 nitrogen and oxygen atoms in total. The van der Waals surface area contributed by atoms with Crippen molar-refractivity contribution in [2.75, 3.05) is 25.5 Å². The van der Waals surface area contributed by atoms with Crippen LogP contribution in [0.2, 0.25) is 0 Å². The molecule has 0 aliphatic carbocycles. The van der Waals surface area contributed by atoms with E-state index in [-0.39, 0.29) is 22.5 Å². The number of nitrogens with zero attached hydrogens (tertiary/aromatic N) is 3. The van der Waals surface area contributed by atoms with Crippen LogP contribution in [0.3, 0.4) is 0 Å². The van der Waals surface area contributed by atoms with Crippen LogP contribution in [0.5, 0.6) is 0 Å². The highest BCUT2D eigenvalue weighted by molar-refractivity contribution is 5.95. The first kappa shape index (κ1) is 26.5. The minimum absolute atomic E-state index is 0.0171. The largest absolute Gasteiger partial charge is 0.417 e. The number of hydrogen-bond donors (Lipinski definition) is 3. The summed E-state index contributed by atoms with van der Waals surface area (Å²) in [5.41, 5.74) is -0.765. The Bertz CT molecular complexity index is 1290. The van der Waals surface area contributed by atoms with Crippen molar-refractivity contribution >= 4 is 28.5 Å². The molecule has 11 heteroatoms. The zero-order valence-electron chi connectivity index (χ0n) is 20.9. The van der Waals surface area contributed by atoms with Crippen molar-refractivity contribution in [2.45, 2.75) is 44.9 Å². The molecule has 1 saturated heterocycles. The number of nitrogens with one attached hydrogen (secondary N) is 2. The van der Waals surface area contributed by atoms with Gasteiger partial charge in [0.25, 0.3) is 5.91 Å². The zero-order chi connectivity index (χ0) is 27.0. The number of carbonyl (C=O) groups excluding carboxylic acids is 2. The highest BCUT2D eigenvalue weighted by atomic mass is 19.4. The normalized spacial score (nSPS) is 15.7. The number of hydrogen-bond acceptors (Lipinski definition) is 4. The molecule has 2 aromatic carbocycles. The van der Waals surface area contributed by atoms with Gasteiger partial charge in [-0.2, -0.15) is 18.3 Å². The van der Waals surface area contributed by atoms with Crippen molar-refractivity contribution < 1.29 is 27.9 Å². The Hall–Kier alpha value is -3.60. The summed E-state index contributed by atoms with van der Waals surface area (Å²) < 4.78 is 43.2. The number of piperidine rings is 1. The molecule has 3 amide bonds. The molecule has 2 heterocycles. The monoisotopic (exact) mass is 517 g/mol. The Morgan fingerprint density at radius 1 is 1.14 bits per heavy atom. The fourth-order valence-corrected chi connectivity index (χ4v) is 4.83. The summed E-state index contributed by atoms with van der Waals surface area (Å²) in [5, 5.41) is 19.9. The summed E-state index contributed by atoms with van der Waals surface area (Å²) in [6.45, 7) is 4.65. The molecule has 1 fully saturated rings. The van der Waals surface area contributed by atoms with Gasteiger partial charge in [0.1, 0.15) is 0 Å². The topological polar surface area (TPSA) is 99.5 Å². The van der Waals surface area contributed by atoms with Gasteiger partial charge in [0.15, 0.2) is 0 Å². The Kier molecular flexibility index (Phi) is 7.18. The van der Waals surface area contributed by atoms with Crippen molar-refractivity contribution in [3.05, 3.63) is 53.7 Å². The second-order valence-corrected chi connectivity index (χ2v) is 9.88. The predicted octanol–water partition coefficient (Wildman–Crippen LogP) is 4.81. The Balaban J connectivity index is 1.62. The van der Waals surface area contributed by atoms with E-state index in [4.69, 9.17) is 0 Å². The van der Waals surface area contributed by atoms with Gasteiger partial charge in [0.2, 0.25) is 0 Å². The molecular weight excluding hydrogens is 487 g/mol. The van der Waals surface area contributed by atoms with Crippen molar-refractivity contribution in [3.63, 3.8) is 0 Å². The number of anilines is 1. The quantitative estimate of drug-likeness (QED) is 0.452. The van der Waals surface area contributed by atoms with E-state index in [1.807, 2.05) is 13.8 Å². The second-order valence-electron chi connectivity index (χ2n) is 9.88.